The fraction of sp³-hybridized carbons (Fsp3) is 0.600. The average Bonchev–Trinajstić information content (AvgIpc) is 2.91. The van der Waals surface area contributed by atoms with Crippen LogP contribution >= 0.6 is 0 Å². The second kappa shape index (κ2) is 6.96. The van der Waals surface area contributed by atoms with Crippen molar-refractivity contribution in [3.05, 3.63) is 35.4 Å². The van der Waals surface area contributed by atoms with Gasteiger partial charge >= 0.3 is 0 Å². The standard InChI is InChI=1S/C15H22F2N2/c1-2-8-18-14(11-19-9-3-4-10-19)12-6-5-7-13(16)15(12)17/h5-7,14,18H,2-4,8-11H2,1H3. The molecule has 1 aliphatic heterocycles. The van der Waals surface area contributed by atoms with Gasteiger partial charge in [0.1, 0.15) is 0 Å². The van der Waals surface area contributed by atoms with Gasteiger partial charge in [0, 0.05) is 18.2 Å². The molecule has 0 bridgehead atoms. The molecule has 1 N–H and O–H groups in total. The van der Waals surface area contributed by atoms with E-state index in [0.717, 1.165) is 32.6 Å². The SMILES string of the molecule is CCCNC(CN1CCCC1)c1cccc(F)c1F. The predicted molar refractivity (Wildman–Crippen MR) is 73.1 cm³/mol. The first-order valence-electron chi connectivity index (χ1n) is 7.12. The van der Waals surface area contributed by atoms with Crippen LogP contribution < -0.4 is 5.32 Å². The molecule has 106 valence electrons. The summed E-state index contributed by atoms with van der Waals surface area (Å²) in [6.07, 6.45) is 3.38. The summed E-state index contributed by atoms with van der Waals surface area (Å²) < 4.78 is 27.3. The van der Waals surface area contributed by atoms with Crippen LogP contribution in [-0.2, 0) is 0 Å². The van der Waals surface area contributed by atoms with Gasteiger partial charge in [-0.3, -0.25) is 0 Å². The lowest BCUT2D eigenvalue weighted by molar-refractivity contribution is 0.288. The van der Waals surface area contributed by atoms with Crippen molar-refractivity contribution >= 4 is 0 Å². The van der Waals surface area contributed by atoms with Crippen LogP contribution in [0.5, 0.6) is 0 Å². The highest BCUT2D eigenvalue weighted by molar-refractivity contribution is 5.23. The first-order valence-corrected chi connectivity index (χ1v) is 7.12. The minimum atomic E-state index is -0.762. The van der Waals surface area contributed by atoms with E-state index in [0.29, 0.717) is 5.56 Å². The Bertz CT molecular complexity index is 403. The number of rotatable bonds is 6. The van der Waals surface area contributed by atoms with Gasteiger partial charge in [-0.05, 0) is 45.0 Å². The van der Waals surface area contributed by atoms with Crippen LogP contribution in [0.3, 0.4) is 0 Å². The molecule has 2 rings (SSSR count). The van der Waals surface area contributed by atoms with Crippen molar-refractivity contribution in [2.75, 3.05) is 26.2 Å². The van der Waals surface area contributed by atoms with Crippen LogP contribution in [0, 0.1) is 11.6 Å². The molecule has 2 nitrogen and oxygen atoms in total. The lowest BCUT2D eigenvalue weighted by Crippen LogP contribution is -2.34. The van der Waals surface area contributed by atoms with Gasteiger partial charge in [-0.25, -0.2) is 8.78 Å². The van der Waals surface area contributed by atoms with Crippen LogP contribution in [0.2, 0.25) is 0 Å². The van der Waals surface area contributed by atoms with Gasteiger partial charge in [-0.15, -0.1) is 0 Å². The van der Waals surface area contributed by atoms with Crippen molar-refractivity contribution in [2.45, 2.75) is 32.2 Å². The van der Waals surface area contributed by atoms with Crippen LogP contribution in [0.1, 0.15) is 37.8 Å². The van der Waals surface area contributed by atoms with E-state index in [1.165, 1.54) is 18.9 Å². The number of benzene rings is 1. The Balaban J connectivity index is 2.13. The maximum atomic E-state index is 13.9. The average molecular weight is 268 g/mol. The smallest absolute Gasteiger partial charge is 0.163 e. The third-order valence-corrected chi connectivity index (χ3v) is 3.64. The predicted octanol–water partition coefficient (Wildman–Crippen LogP) is 3.10. The molecule has 0 aliphatic carbocycles. The summed E-state index contributed by atoms with van der Waals surface area (Å²) in [7, 11) is 0. The zero-order chi connectivity index (χ0) is 13.7. The first-order chi connectivity index (χ1) is 9.22. The molecule has 0 spiro atoms. The molecule has 1 fully saturated rings. The van der Waals surface area contributed by atoms with E-state index < -0.39 is 11.6 Å². The van der Waals surface area contributed by atoms with E-state index in [1.54, 1.807) is 12.1 Å². The van der Waals surface area contributed by atoms with E-state index in [9.17, 15) is 8.78 Å². The molecule has 1 unspecified atom stereocenters. The molecule has 19 heavy (non-hydrogen) atoms. The van der Waals surface area contributed by atoms with E-state index >= 15 is 0 Å². The van der Waals surface area contributed by atoms with Crippen molar-refractivity contribution in [3.8, 4) is 0 Å². The minimum absolute atomic E-state index is 0.131. The van der Waals surface area contributed by atoms with Crippen molar-refractivity contribution in [1.29, 1.82) is 0 Å². The topological polar surface area (TPSA) is 15.3 Å². The molecule has 1 aliphatic rings. The largest absolute Gasteiger partial charge is 0.309 e. The number of likely N-dealkylation sites (tertiary alicyclic amines) is 1. The summed E-state index contributed by atoms with van der Waals surface area (Å²) in [5.41, 5.74) is 0.445. The quantitative estimate of drug-likeness (QED) is 0.853. The van der Waals surface area contributed by atoms with Crippen molar-refractivity contribution in [1.82, 2.24) is 10.2 Å². The van der Waals surface area contributed by atoms with Crippen molar-refractivity contribution in [3.63, 3.8) is 0 Å². The molecule has 4 heteroatoms. The number of hydrogen-bond donors (Lipinski definition) is 1. The Morgan fingerprint density at radius 3 is 2.68 bits per heavy atom. The Hall–Kier alpha value is -1.00. The highest BCUT2D eigenvalue weighted by atomic mass is 19.2. The number of nitrogens with one attached hydrogen (secondary N) is 1. The minimum Gasteiger partial charge on any atom is -0.309 e. The first kappa shape index (κ1) is 14.4. The molecule has 0 amide bonds. The Morgan fingerprint density at radius 1 is 1.26 bits per heavy atom. The third kappa shape index (κ3) is 3.74. The van der Waals surface area contributed by atoms with E-state index in [-0.39, 0.29) is 6.04 Å². The highest BCUT2D eigenvalue weighted by Crippen LogP contribution is 2.22. The zero-order valence-electron chi connectivity index (χ0n) is 11.5. The van der Waals surface area contributed by atoms with Gasteiger partial charge < -0.3 is 10.2 Å². The number of hydrogen-bond acceptors (Lipinski definition) is 2. The lowest BCUT2D eigenvalue weighted by Gasteiger charge is -2.25. The van der Waals surface area contributed by atoms with Gasteiger partial charge in [0.15, 0.2) is 11.6 Å². The molecule has 1 saturated heterocycles. The second-order valence-corrected chi connectivity index (χ2v) is 5.16. The third-order valence-electron chi connectivity index (χ3n) is 3.64. The van der Waals surface area contributed by atoms with Gasteiger partial charge in [-0.2, -0.15) is 0 Å². The Kier molecular flexibility index (Phi) is 5.28. The molecule has 1 heterocycles. The van der Waals surface area contributed by atoms with Gasteiger partial charge in [0.2, 0.25) is 0 Å². The van der Waals surface area contributed by atoms with Crippen LogP contribution in [0.15, 0.2) is 18.2 Å². The molecule has 1 aromatic carbocycles. The molecule has 1 aromatic rings. The molecule has 0 saturated carbocycles. The summed E-state index contributed by atoms with van der Waals surface area (Å²) in [6, 6.07) is 4.31. The molecule has 0 aromatic heterocycles. The van der Waals surface area contributed by atoms with E-state index in [4.69, 9.17) is 0 Å². The van der Waals surface area contributed by atoms with Gasteiger partial charge in [-0.1, -0.05) is 19.1 Å². The van der Waals surface area contributed by atoms with Gasteiger partial charge in [0.05, 0.1) is 0 Å². The monoisotopic (exact) mass is 268 g/mol. The summed E-state index contributed by atoms with van der Waals surface area (Å²) in [4.78, 5) is 2.32. The Labute approximate surface area is 113 Å². The lowest BCUT2D eigenvalue weighted by atomic mass is 10.1. The van der Waals surface area contributed by atoms with Crippen LogP contribution in [0.25, 0.3) is 0 Å². The summed E-state index contributed by atoms with van der Waals surface area (Å²) >= 11 is 0. The maximum Gasteiger partial charge on any atom is 0.163 e. The molecular formula is C15H22F2N2. The fourth-order valence-electron chi connectivity index (χ4n) is 2.60. The second-order valence-electron chi connectivity index (χ2n) is 5.16. The van der Waals surface area contributed by atoms with Gasteiger partial charge in [0.25, 0.3) is 0 Å². The van der Waals surface area contributed by atoms with Crippen molar-refractivity contribution in [2.24, 2.45) is 0 Å². The number of halogens is 2. The summed E-state index contributed by atoms with van der Waals surface area (Å²) in [5, 5.41) is 3.33. The summed E-state index contributed by atoms with van der Waals surface area (Å²) in [5.74, 6) is -1.47. The zero-order valence-corrected chi connectivity index (χ0v) is 11.5. The maximum absolute atomic E-state index is 13.9. The van der Waals surface area contributed by atoms with Crippen LogP contribution in [0.4, 0.5) is 8.78 Å². The van der Waals surface area contributed by atoms with Crippen molar-refractivity contribution < 1.29 is 8.78 Å². The van der Waals surface area contributed by atoms with Crippen LogP contribution in [-0.4, -0.2) is 31.1 Å². The molecule has 0 radical (unpaired) electrons. The molecule has 1 atom stereocenters. The summed E-state index contributed by atoms with van der Waals surface area (Å²) in [6.45, 7) is 5.75. The highest BCUT2D eigenvalue weighted by Gasteiger charge is 2.22. The van der Waals surface area contributed by atoms with E-state index in [2.05, 4.69) is 17.1 Å². The number of nitrogens with zero attached hydrogens (tertiary/aromatic N) is 1. The van der Waals surface area contributed by atoms with E-state index in [1.807, 2.05) is 0 Å². The fourth-order valence-corrected chi connectivity index (χ4v) is 2.60. The normalized spacial score (nSPS) is 17.8. The Morgan fingerprint density at radius 2 is 2.00 bits per heavy atom. The molecular weight excluding hydrogens is 246 g/mol.